The second-order valence-corrected chi connectivity index (χ2v) is 19.7. The van der Waals surface area contributed by atoms with Crippen LogP contribution in [0.25, 0.3) is 66.8 Å². The van der Waals surface area contributed by atoms with E-state index in [1.807, 2.05) is 0 Å². The maximum atomic E-state index is 6.92. The lowest BCUT2D eigenvalue weighted by atomic mass is 9.70. The van der Waals surface area contributed by atoms with Crippen LogP contribution in [0.5, 0.6) is 0 Å². The quantitative estimate of drug-likeness (QED) is 0.165. The van der Waals surface area contributed by atoms with Crippen molar-refractivity contribution in [2.75, 3.05) is 0 Å². The summed E-state index contributed by atoms with van der Waals surface area (Å²) >= 11 is 0. The van der Waals surface area contributed by atoms with Gasteiger partial charge in [-0.05, 0) is 150 Å². The van der Waals surface area contributed by atoms with Gasteiger partial charge in [0.05, 0.1) is 22.0 Å². The number of rotatable bonds is 3. The Morgan fingerprint density at radius 2 is 0.569 bits per heavy atom. The van der Waals surface area contributed by atoms with Gasteiger partial charge in [-0.25, -0.2) is 0 Å². The van der Waals surface area contributed by atoms with Gasteiger partial charge in [0, 0.05) is 0 Å². The van der Waals surface area contributed by atoms with Crippen LogP contribution >= 0.6 is 0 Å². The zero-order valence-corrected chi connectivity index (χ0v) is 36.9. The predicted molar refractivity (Wildman–Crippen MR) is 266 cm³/mol. The molecule has 0 radical (unpaired) electrons. The average Bonchev–Trinajstić information content (AvgIpc) is 4.08. The third kappa shape index (κ3) is 4.57. The van der Waals surface area contributed by atoms with Gasteiger partial charge in [-0.3, -0.25) is 0 Å². The first kappa shape index (κ1) is 37.4. The zero-order valence-electron chi connectivity index (χ0n) is 36.9. The molecule has 0 saturated carbocycles. The Morgan fingerprint density at radius 1 is 0.292 bits per heavy atom. The maximum absolute atomic E-state index is 6.92. The van der Waals surface area contributed by atoms with Crippen LogP contribution in [0.2, 0.25) is 0 Å². The minimum Gasteiger partial charge on any atom is -0.399 e. The number of benzene rings is 9. The lowest BCUT2D eigenvalue weighted by Gasteiger charge is -2.32. The summed E-state index contributed by atoms with van der Waals surface area (Å²) in [6.45, 7) is 8.58. The molecule has 1 saturated heterocycles. The van der Waals surface area contributed by atoms with Crippen molar-refractivity contribution >= 4 is 12.6 Å². The standard InChI is InChI=1S/C62H45BO2/c1-59(2)60(3,4)65-63(64-59)40-36-38(41-25-17-33-55-57(41)47-23-9-15-31-53(47)61(55)49-27-11-5-19-43(49)44-20-6-12-28-50(44)61)35-39(37-40)42-26-18-34-56-58(42)48-24-10-16-32-54(48)62(56)51-29-13-7-21-45(51)46-22-8-14-30-52(46)62/h5-37H,1-4H3. The minimum atomic E-state index is -0.549. The number of fused-ring (bicyclic) bond motifs is 20. The van der Waals surface area contributed by atoms with Gasteiger partial charge in [-0.1, -0.05) is 194 Å². The summed E-state index contributed by atoms with van der Waals surface area (Å²) in [7, 11) is -0.549. The molecule has 14 rings (SSSR count). The Bertz CT molecular complexity index is 3220. The summed E-state index contributed by atoms with van der Waals surface area (Å²) in [5.74, 6) is 0. The molecular weight excluding hydrogens is 787 g/mol. The summed E-state index contributed by atoms with van der Waals surface area (Å²) in [6.07, 6.45) is 0. The van der Waals surface area contributed by atoms with Gasteiger partial charge < -0.3 is 9.31 Å². The van der Waals surface area contributed by atoms with Crippen LogP contribution in [-0.2, 0) is 20.1 Å². The van der Waals surface area contributed by atoms with Gasteiger partial charge >= 0.3 is 7.12 Å². The highest BCUT2D eigenvalue weighted by atomic mass is 16.7. The fraction of sp³-hybridized carbons (Fsp3) is 0.129. The molecule has 1 heterocycles. The molecule has 65 heavy (non-hydrogen) atoms. The first-order valence-electron chi connectivity index (χ1n) is 23.1. The van der Waals surface area contributed by atoms with Crippen molar-refractivity contribution in [1.82, 2.24) is 0 Å². The lowest BCUT2D eigenvalue weighted by molar-refractivity contribution is 0.00578. The van der Waals surface area contributed by atoms with Crippen molar-refractivity contribution in [3.8, 4) is 66.8 Å². The van der Waals surface area contributed by atoms with Crippen molar-refractivity contribution in [3.05, 3.63) is 245 Å². The van der Waals surface area contributed by atoms with Crippen molar-refractivity contribution in [1.29, 1.82) is 0 Å². The molecule has 1 fully saturated rings. The summed E-state index contributed by atoms with van der Waals surface area (Å²) in [5, 5.41) is 0. The van der Waals surface area contributed by atoms with Gasteiger partial charge in [-0.2, -0.15) is 0 Å². The first-order valence-corrected chi connectivity index (χ1v) is 23.1. The Labute approximate surface area is 381 Å². The van der Waals surface area contributed by atoms with Gasteiger partial charge in [0.15, 0.2) is 0 Å². The molecule has 308 valence electrons. The summed E-state index contributed by atoms with van der Waals surface area (Å²) in [6, 6.07) is 75.6. The van der Waals surface area contributed by atoms with E-state index in [2.05, 4.69) is 228 Å². The summed E-state index contributed by atoms with van der Waals surface area (Å²) in [5.41, 5.74) is 24.9. The van der Waals surface area contributed by atoms with E-state index in [1.54, 1.807) is 0 Å². The van der Waals surface area contributed by atoms with Crippen molar-refractivity contribution in [2.24, 2.45) is 0 Å². The molecule has 5 aliphatic rings. The van der Waals surface area contributed by atoms with Gasteiger partial charge in [-0.15, -0.1) is 0 Å². The second-order valence-electron chi connectivity index (χ2n) is 19.7. The van der Waals surface area contributed by atoms with Crippen LogP contribution in [0.4, 0.5) is 0 Å². The Kier molecular flexibility index (Phi) is 7.37. The fourth-order valence-electron chi connectivity index (χ4n) is 12.8. The first-order chi connectivity index (χ1) is 31.7. The SMILES string of the molecule is CC1(C)OB(c2cc(-c3cccc4c3-c3ccccc3C43c4ccccc4-c4ccccc43)cc(-c3cccc4c3-c3ccccc3C43c4ccccc4-c4ccccc43)c2)OC1(C)C. The van der Waals surface area contributed by atoms with E-state index < -0.39 is 29.2 Å². The van der Waals surface area contributed by atoms with Crippen LogP contribution in [-0.4, -0.2) is 18.3 Å². The van der Waals surface area contributed by atoms with Crippen LogP contribution in [0, 0.1) is 0 Å². The zero-order chi connectivity index (χ0) is 43.5. The van der Waals surface area contributed by atoms with Gasteiger partial charge in [0.1, 0.15) is 0 Å². The molecule has 0 bridgehead atoms. The van der Waals surface area contributed by atoms with E-state index in [9.17, 15) is 0 Å². The fourth-order valence-corrected chi connectivity index (χ4v) is 12.8. The van der Waals surface area contributed by atoms with Crippen LogP contribution in [0.15, 0.2) is 200 Å². The van der Waals surface area contributed by atoms with E-state index in [-0.39, 0.29) is 0 Å². The van der Waals surface area contributed by atoms with Crippen molar-refractivity contribution in [2.45, 2.75) is 49.7 Å². The topological polar surface area (TPSA) is 18.5 Å². The minimum absolute atomic E-state index is 0.437. The molecule has 0 unspecified atom stereocenters. The smallest absolute Gasteiger partial charge is 0.399 e. The van der Waals surface area contributed by atoms with E-state index in [4.69, 9.17) is 9.31 Å². The van der Waals surface area contributed by atoms with Crippen molar-refractivity contribution < 1.29 is 9.31 Å². The lowest BCUT2D eigenvalue weighted by Crippen LogP contribution is -2.41. The molecule has 2 spiro atoms. The molecule has 4 aliphatic carbocycles. The Balaban J connectivity index is 1.05. The number of hydrogen-bond acceptors (Lipinski definition) is 2. The molecule has 2 nitrogen and oxygen atoms in total. The predicted octanol–water partition coefficient (Wildman–Crippen LogP) is 14.0. The molecule has 0 atom stereocenters. The van der Waals surface area contributed by atoms with E-state index in [0.29, 0.717) is 0 Å². The summed E-state index contributed by atoms with van der Waals surface area (Å²) < 4.78 is 13.8. The van der Waals surface area contributed by atoms with Crippen LogP contribution in [0.1, 0.15) is 72.2 Å². The second kappa shape index (κ2) is 12.8. The molecule has 9 aromatic carbocycles. The monoisotopic (exact) mass is 832 g/mol. The van der Waals surface area contributed by atoms with E-state index in [1.165, 1.54) is 100 Å². The largest absolute Gasteiger partial charge is 0.494 e. The van der Waals surface area contributed by atoms with E-state index in [0.717, 1.165) is 16.6 Å². The summed E-state index contributed by atoms with van der Waals surface area (Å²) in [4.78, 5) is 0. The normalized spacial score (nSPS) is 17.3. The Hall–Kier alpha value is -7.04. The van der Waals surface area contributed by atoms with Crippen LogP contribution in [0.3, 0.4) is 0 Å². The van der Waals surface area contributed by atoms with Gasteiger partial charge in [0.2, 0.25) is 0 Å². The highest BCUT2D eigenvalue weighted by Crippen LogP contribution is 2.66. The maximum Gasteiger partial charge on any atom is 0.494 e. The third-order valence-electron chi connectivity index (χ3n) is 16.1. The molecule has 0 N–H and O–H groups in total. The molecule has 0 aromatic heterocycles. The molecule has 9 aromatic rings. The molecule has 1 aliphatic heterocycles. The highest BCUT2D eigenvalue weighted by Gasteiger charge is 2.55. The molecule has 3 heteroatoms. The Morgan fingerprint density at radius 3 is 0.923 bits per heavy atom. The molecule has 0 amide bonds. The average molecular weight is 833 g/mol. The van der Waals surface area contributed by atoms with Crippen molar-refractivity contribution in [3.63, 3.8) is 0 Å². The van der Waals surface area contributed by atoms with E-state index >= 15 is 0 Å². The highest BCUT2D eigenvalue weighted by molar-refractivity contribution is 6.62. The van der Waals surface area contributed by atoms with Crippen LogP contribution < -0.4 is 5.46 Å². The molecular formula is C62H45BO2. The third-order valence-corrected chi connectivity index (χ3v) is 16.1. The van der Waals surface area contributed by atoms with Gasteiger partial charge in [0.25, 0.3) is 0 Å². The number of hydrogen-bond donors (Lipinski definition) is 0.